The van der Waals surface area contributed by atoms with E-state index in [9.17, 15) is 9.59 Å². The topological polar surface area (TPSA) is 86.1 Å². The highest BCUT2D eigenvalue weighted by Gasteiger charge is 2.06. The van der Waals surface area contributed by atoms with E-state index in [2.05, 4.69) is 27.2 Å². The van der Waals surface area contributed by atoms with Gasteiger partial charge in [-0.3, -0.25) is 14.6 Å². The molecular formula is C16H16N4O3. The molecule has 0 aliphatic heterocycles. The van der Waals surface area contributed by atoms with Crippen LogP contribution in [0.3, 0.4) is 0 Å². The van der Waals surface area contributed by atoms with Crippen LogP contribution in [-0.4, -0.2) is 33.8 Å². The van der Waals surface area contributed by atoms with Crippen molar-refractivity contribution in [3.8, 4) is 17.6 Å². The Hall–Kier alpha value is -3.14. The van der Waals surface area contributed by atoms with E-state index in [1.54, 1.807) is 6.20 Å². The zero-order chi connectivity index (χ0) is 16.7. The molecule has 1 amide bonds. The van der Waals surface area contributed by atoms with E-state index in [0.29, 0.717) is 5.75 Å². The Balaban J connectivity index is 1.76. The normalized spacial score (nSPS) is 9.65. The standard InChI is InChI=1S/C16H16N4O3/c1-12-5-6-13(11-18-12)23-10-4-3-9-17-16(22)14-7-8-15(21)20(2)19-14/h5-8,11H,9-10H2,1-2H3,(H,17,22). The van der Waals surface area contributed by atoms with Crippen molar-refractivity contribution in [3.63, 3.8) is 0 Å². The molecule has 0 aliphatic carbocycles. The van der Waals surface area contributed by atoms with Crippen molar-refractivity contribution < 1.29 is 9.53 Å². The van der Waals surface area contributed by atoms with Crippen molar-refractivity contribution in [1.29, 1.82) is 0 Å². The average molecular weight is 312 g/mol. The van der Waals surface area contributed by atoms with Crippen LogP contribution in [0.4, 0.5) is 0 Å². The number of hydrogen-bond donors (Lipinski definition) is 1. The molecule has 1 N–H and O–H groups in total. The summed E-state index contributed by atoms with van der Waals surface area (Å²) in [4.78, 5) is 27.1. The average Bonchev–Trinajstić information content (AvgIpc) is 2.54. The number of amides is 1. The van der Waals surface area contributed by atoms with E-state index in [1.165, 1.54) is 19.2 Å². The molecular weight excluding hydrogens is 296 g/mol. The van der Waals surface area contributed by atoms with E-state index < -0.39 is 5.91 Å². The molecule has 2 aromatic rings. The third-order valence-electron chi connectivity index (χ3n) is 2.85. The van der Waals surface area contributed by atoms with Crippen molar-refractivity contribution in [2.75, 3.05) is 13.2 Å². The lowest BCUT2D eigenvalue weighted by molar-refractivity contribution is 0.0951. The van der Waals surface area contributed by atoms with Gasteiger partial charge in [0.15, 0.2) is 0 Å². The quantitative estimate of drug-likeness (QED) is 0.820. The summed E-state index contributed by atoms with van der Waals surface area (Å²) in [5.41, 5.74) is 0.804. The Labute approximate surface area is 133 Å². The van der Waals surface area contributed by atoms with Gasteiger partial charge in [0.05, 0.1) is 12.7 Å². The number of nitrogens with one attached hydrogen (secondary N) is 1. The van der Waals surface area contributed by atoms with Gasteiger partial charge in [-0.25, -0.2) is 4.68 Å². The summed E-state index contributed by atoms with van der Waals surface area (Å²) in [5, 5.41) is 6.44. The Bertz CT molecular complexity index is 801. The number of aromatic nitrogens is 3. The monoisotopic (exact) mass is 312 g/mol. The molecule has 0 unspecified atom stereocenters. The predicted molar refractivity (Wildman–Crippen MR) is 84.1 cm³/mol. The molecule has 0 atom stereocenters. The molecule has 23 heavy (non-hydrogen) atoms. The summed E-state index contributed by atoms with van der Waals surface area (Å²) < 4.78 is 6.48. The molecule has 2 heterocycles. The number of pyridine rings is 1. The van der Waals surface area contributed by atoms with Crippen LogP contribution in [0.15, 0.2) is 35.3 Å². The van der Waals surface area contributed by atoms with Crippen molar-refractivity contribution in [2.45, 2.75) is 6.92 Å². The lowest BCUT2D eigenvalue weighted by Gasteiger charge is -2.02. The van der Waals surface area contributed by atoms with Gasteiger partial charge in [0.2, 0.25) is 0 Å². The number of rotatable bonds is 4. The first kappa shape index (κ1) is 16.2. The number of ether oxygens (including phenoxy) is 1. The van der Waals surface area contributed by atoms with Crippen LogP contribution in [0.25, 0.3) is 0 Å². The molecule has 2 aromatic heterocycles. The van der Waals surface area contributed by atoms with Gasteiger partial charge in [-0.1, -0.05) is 11.8 Å². The molecule has 0 fully saturated rings. The minimum absolute atomic E-state index is 0.163. The van der Waals surface area contributed by atoms with Crippen molar-refractivity contribution in [1.82, 2.24) is 20.1 Å². The Kier molecular flexibility index (Phi) is 5.47. The smallest absolute Gasteiger partial charge is 0.272 e. The van der Waals surface area contributed by atoms with Gasteiger partial charge in [-0.05, 0) is 25.1 Å². The second-order valence-corrected chi connectivity index (χ2v) is 4.64. The summed E-state index contributed by atoms with van der Waals surface area (Å²) in [5.74, 6) is 5.81. The van der Waals surface area contributed by atoms with Gasteiger partial charge >= 0.3 is 0 Å². The maximum absolute atomic E-state index is 11.8. The van der Waals surface area contributed by atoms with Crippen LogP contribution >= 0.6 is 0 Å². The molecule has 7 nitrogen and oxygen atoms in total. The first-order chi connectivity index (χ1) is 11.1. The van der Waals surface area contributed by atoms with E-state index in [-0.39, 0.29) is 24.4 Å². The first-order valence-corrected chi connectivity index (χ1v) is 6.90. The third kappa shape index (κ3) is 4.97. The fourth-order valence-corrected chi connectivity index (χ4v) is 1.61. The lowest BCUT2D eigenvalue weighted by atomic mass is 10.3. The SMILES string of the molecule is Cc1ccc(OCC#CCNC(=O)c2ccc(=O)n(C)n2)cn1. The summed E-state index contributed by atoms with van der Waals surface area (Å²) in [7, 11) is 1.48. The third-order valence-corrected chi connectivity index (χ3v) is 2.85. The van der Waals surface area contributed by atoms with Gasteiger partial charge in [0, 0.05) is 18.8 Å². The molecule has 0 radical (unpaired) electrons. The summed E-state index contributed by atoms with van der Waals surface area (Å²) >= 11 is 0. The van der Waals surface area contributed by atoms with E-state index in [1.807, 2.05) is 19.1 Å². The number of carbonyl (C=O) groups excluding carboxylic acids is 1. The Morgan fingerprint density at radius 1 is 1.30 bits per heavy atom. The lowest BCUT2D eigenvalue weighted by Crippen LogP contribution is -2.28. The number of carbonyl (C=O) groups is 1. The molecule has 0 aliphatic rings. The maximum atomic E-state index is 11.8. The molecule has 7 heteroatoms. The Morgan fingerprint density at radius 3 is 2.83 bits per heavy atom. The van der Waals surface area contributed by atoms with Crippen LogP contribution < -0.4 is 15.6 Å². The first-order valence-electron chi connectivity index (χ1n) is 6.90. The number of hydrogen-bond acceptors (Lipinski definition) is 5. The maximum Gasteiger partial charge on any atom is 0.272 e. The fraction of sp³-hybridized carbons (Fsp3) is 0.250. The molecule has 0 saturated carbocycles. The molecule has 118 valence electrons. The van der Waals surface area contributed by atoms with Crippen molar-refractivity contribution in [3.05, 3.63) is 52.2 Å². The van der Waals surface area contributed by atoms with Crippen LogP contribution in [0.5, 0.6) is 5.75 Å². The van der Waals surface area contributed by atoms with Crippen LogP contribution in [0.2, 0.25) is 0 Å². The molecule has 0 saturated heterocycles. The van der Waals surface area contributed by atoms with Crippen LogP contribution in [0.1, 0.15) is 16.2 Å². The fourth-order valence-electron chi connectivity index (χ4n) is 1.61. The summed E-state index contributed by atoms with van der Waals surface area (Å²) in [6.07, 6.45) is 1.63. The zero-order valence-electron chi connectivity index (χ0n) is 12.9. The largest absolute Gasteiger partial charge is 0.479 e. The predicted octanol–water partition coefficient (Wildman–Crippen LogP) is 0.296. The second-order valence-electron chi connectivity index (χ2n) is 4.64. The highest BCUT2D eigenvalue weighted by atomic mass is 16.5. The molecule has 2 rings (SSSR count). The van der Waals surface area contributed by atoms with E-state index in [0.717, 1.165) is 10.4 Å². The van der Waals surface area contributed by atoms with Gasteiger partial charge in [-0.2, -0.15) is 5.10 Å². The van der Waals surface area contributed by atoms with Crippen LogP contribution in [0, 0.1) is 18.8 Å². The van der Waals surface area contributed by atoms with E-state index in [4.69, 9.17) is 4.74 Å². The van der Waals surface area contributed by atoms with E-state index >= 15 is 0 Å². The van der Waals surface area contributed by atoms with Gasteiger partial charge in [0.1, 0.15) is 18.1 Å². The van der Waals surface area contributed by atoms with Gasteiger partial charge in [-0.15, -0.1) is 0 Å². The van der Waals surface area contributed by atoms with Crippen molar-refractivity contribution >= 4 is 5.91 Å². The highest BCUT2D eigenvalue weighted by Crippen LogP contribution is 2.07. The van der Waals surface area contributed by atoms with Gasteiger partial charge in [0.25, 0.3) is 11.5 Å². The molecule has 0 bridgehead atoms. The second kappa shape index (κ2) is 7.75. The summed E-state index contributed by atoms with van der Waals surface area (Å²) in [6.45, 7) is 2.27. The summed E-state index contributed by atoms with van der Waals surface area (Å²) in [6, 6.07) is 6.33. The van der Waals surface area contributed by atoms with Crippen LogP contribution in [-0.2, 0) is 7.05 Å². The van der Waals surface area contributed by atoms with Crippen molar-refractivity contribution in [2.24, 2.45) is 7.05 Å². The van der Waals surface area contributed by atoms with Gasteiger partial charge < -0.3 is 10.1 Å². The number of nitrogens with zero attached hydrogens (tertiary/aromatic N) is 3. The zero-order valence-corrected chi connectivity index (χ0v) is 12.9. The minimum atomic E-state index is -0.390. The Morgan fingerprint density at radius 2 is 2.13 bits per heavy atom. The minimum Gasteiger partial charge on any atom is -0.479 e. The molecule has 0 aromatic carbocycles. The highest BCUT2D eigenvalue weighted by molar-refractivity contribution is 5.92. The number of aryl methyl sites for hydroxylation is 2. The molecule has 0 spiro atoms.